The molecule has 0 unspecified atom stereocenters. The monoisotopic (exact) mass is 239 g/mol. The number of nitrogens with one attached hydrogen (secondary N) is 2. The maximum Gasteiger partial charge on any atom is 0.229 e. The van der Waals surface area contributed by atoms with E-state index in [-0.39, 0.29) is 5.28 Å². The van der Waals surface area contributed by atoms with E-state index in [0.717, 1.165) is 19.4 Å². The molecule has 1 rings (SSSR count). The summed E-state index contributed by atoms with van der Waals surface area (Å²) in [6.07, 6.45) is 7.28. The molecule has 0 aromatic carbocycles. The highest BCUT2D eigenvalue weighted by atomic mass is 35.5. The number of unbranched alkanes of at least 4 members (excludes halogenated alkanes) is 1. The third kappa shape index (κ3) is 4.32. The Hall–Kier alpha value is -1.54. The van der Waals surface area contributed by atoms with Crippen LogP contribution in [0.1, 0.15) is 19.8 Å². The van der Waals surface area contributed by atoms with Crippen LogP contribution in [0.5, 0.6) is 0 Å². The summed E-state index contributed by atoms with van der Waals surface area (Å²) in [4.78, 5) is 12.0. The highest BCUT2D eigenvalue weighted by Crippen LogP contribution is 2.09. The van der Waals surface area contributed by atoms with Crippen LogP contribution in [0.15, 0.2) is 0 Å². The van der Waals surface area contributed by atoms with Crippen molar-refractivity contribution in [3.63, 3.8) is 0 Å². The summed E-state index contributed by atoms with van der Waals surface area (Å²) in [7, 11) is 0. The van der Waals surface area contributed by atoms with Crippen molar-refractivity contribution in [2.24, 2.45) is 0 Å². The van der Waals surface area contributed by atoms with Gasteiger partial charge in [-0.05, 0) is 18.0 Å². The van der Waals surface area contributed by atoms with Gasteiger partial charge in [-0.15, -0.1) is 6.42 Å². The third-order valence-electron chi connectivity index (χ3n) is 1.77. The van der Waals surface area contributed by atoms with Crippen LogP contribution in [0.2, 0.25) is 5.28 Å². The summed E-state index contributed by atoms with van der Waals surface area (Å²) in [5.74, 6) is 3.28. The zero-order valence-corrected chi connectivity index (χ0v) is 9.88. The Morgan fingerprint density at radius 1 is 1.25 bits per heavy atom. The van der Waals surface area contributed by atoms with E-state index in [4.69, 9.17) is 18.0 Å². The van der Waals surface area contributed by atoms with Crippen molar-refractivity contribution >= 4 is 23.5 Å². The first-order valence-corrected chi connectivity index (χ1v) is 5.47. The molecule has 0 radical (unpaired) electrons. The normalized spacial score (nSPS) is 9.56. The minimum atomic E-state index is 0.147. The maximum absolute atomic E-state index is 5.75. The zero-order valence-electron chi connectivity index (χ0n) is 9.13. The fraction of sp³-hybridized carbons (Fsp3) is 0.500. The Labute approximate surface area is 100 Å². The summed E-state index contributed by atoms with van der Waals surface area (Å²) < 4.78 is 0. The summed E-state index contributed by atoms with van der Waals surface area (Å²) in [6, 6.07) is 0. The Morgan fingerprint density at radius 3 is 2.56 bits per heavy atom. The molecule has 0 saturated heterocycles. The molecule has 0 bridgehead atoms. The van der Waals surface area contributed by atoms with Crippen molar-refractivity contribution in [1.29, 1.82) is 0 Å². The Kier molecular flexibility index (Phi) is 5.37. The number of halogens is 1. The molecule has 1 aromatic rings. The zero-order chi connectivity index (χ0) is 11.8. The van der Waals surface area contributed by atoms with Crippen LogP contribution in [0, 0.1) is 12.3 Å². The lowest BCUT2D eigenvalue weighted by Gasteiger charge is -2.06. The third-order valence-corrected chi connectivity index (χ3v) is 1.94. The van der Waals surface area contributed by atoms with E-state index < -0.39 is 0 Å². The van der Waals surface area contributed by atoms with Gasteiger partial charge < -0.3 is 10.6 Å². The van der Waals surface area contributed by atoms with E-state index in [1.54, 1.807) is 0 Å². The van der Waals surface area contributed by atoms with Gasteiger partial charge in [-0.25, -0.2) is 0 Å². The Morgan fingerprint density at radius 2 is 1.94 bits per heavy atom. The second-order valence-corrected chi connectivity index (χ2v) is 3.43. The summed E-state index contributed by atoms with van der Waals surface area (Å²) in [5.41, 5.74) is 0. The van der Waals surface area contributed by atoms with Gasteiger partial charge in [0.05, 0.1) is 6.54 Å². The molecule has 0 aliphatic rings. The minimum Gasteiger partial charge on any atom is -0.354 e. The van der Waals surface area contributed by atoms with Crippen molar-refractivity contribution in [2.75, 3.05) is 23.7 Å². The van der Waals surface area contributed by atoms with Crippen molar-refractivity contribution in [2.45, 2.75) is 19.8 Å². The van der Waals surface area contributed by atoms with Crippen LogP contribution in [-0.4, -0.2) is 28.0 Å². The number of nitrogens with zero attached hydrogens (tertiary/aromatic N) is 3. The number of terminal acetylenes is 1. The van der Waals surface area contributed by atoms with Gasteiger partial charge in [0.2, 0.25) is 17.2 Å². The highest BCUT2D eigenvalue weighted by molar-refractivity contribution is 6.28. The van der Waals surface area contributed by atoms with Gasteiger partial charge in [-0.3, -0.25) is 0 Å². The molecule has 86 valence electrons. The second-order valence-electron chi connectivity index (χ2n) is 3.09. The standard InChI is InChI=1S/C10H14ClN5/c1-3-5-7-13-10-15-8(11)14-9(16-10)12-6-4-2/h2H,3,5-7H2,1H3,(H2,12,13,14,15,16). The first kappa shape index (κ1) is 12.5. The summed E-state index contributed by atoms with van der Waals surface area (Å²) >= 11 is 5.75. The van der Waals surface area contributed by atoms with E-state index in [1.165, 1.54) is 0 Å². The van der Waals surface area contributed by atoms with Gasteiger partial charge in [-0.2, -0.15) is 15.0 Å². The molecule has 16 heavy (non-hydrogen) atoms. The molecule has 0 fully saturated rings. The molecule has 5 nitrogen and oxygen atoms in total. The molecule has 0 spiro atoms. The predicted molar refractivity (Wildman–Crippen MR) is 65.6 cm³/mol. The first-order chi connectivity index (χ1) is 7.76. The quantitative estimate of drug-likeness (QED) is 0.585. The van der Waals surface area contributed by atoms with Crippen molar-refractivity contribution in [3.05, 3.63) is 5.28 Å². The van der Waals surface area contributed by atoms with Crippen molar-refractivity contribution in [3.8, 4) is 12.3 Å². The molecule has 0 atom stereocenters. The molecular formula is C10H14ClN5. The van der Waals surface area contributed by atoms with Crippen molar-refractivity contribution in [1.82, 2.24) is 15.0 Å². The smallest absolute Gasteiger partial charge is 0.229 e. The van der Waals surface area contributed by atoms with Crippen molar-refractivity contribution < 1.29 is 0 Å². The number of hydrogen-bond acceptors (Lipinski definition) is 5. The SMILES string of the molecule is C#CCNc1nc(Cl)nc(NCCCC)n1. The van der Waals surface area contributed by atoms with Crippen LogP contribution in [0.25, 0.3) is 0 Å². The Bertz CT molecular complexity index is 374. The van der Waals surface area contributed by atoms with Gasteiger partial charge in [0.1, 0.15) is 0 Å². The fourth-order valence-electron chi connectivity index (χ4n) is 1.02. The topological polar surface area (TPSA) is 62.7 Å². The summed E-state index contributed by atoms with van der Waals surface area (Å²) in [6.45, 7) is 3.28. The van der Waals surface area contributed by atoms with Crippen LogP contribution >= 0.6 is 11.6 Å². The molecule has 0 saturated carbocycles. The maximum atomic E-state index is 5.75. The number of anilines is 2. The van der Waals surface area contributed by atoms with E-state index in [9.17, 15) is 0 Å². The minimum absolute atomic E-state index is 0.147. The van der Waals surface area contributed by atoms with Gasteiger partial charge in [0.15, 0.2) is 0 Å². The van der Waals surface area contributed by atoms with Crippen LogP contribution in [0.4, 0.5) is 11.9 Å². The van der Waals surface area contributed by atoms with E-state index in [1.807, 2.05) is 0 Å². The van der Waals surface area contributed by atoms with E-state index in [2.05, 4.69) is 38.4 Å². The average Bonchev–Trinajstić information content (AvgIpc) is 2.26. The van der Waals surface area contributed by atoms with Crippen LogP contribution in [-0.2, 0) is 0 Å². The van der Waals surface area contributed by atoms with Crippen LogP contribution < -0.4 is 10.6 Å². The van der Waals surface area contributed by atoms with Gasteiger partial charge >= 0.3 is 0 Å². The number of hydrogen-bond donors (Lipinski definition) is 2. The fourth-order valence-corrected chi connectivity index (χ4v) is 1.18. The number of aromatic nitrogens is 3. The Balaban J connectivity index is 2.62. The van der Waals surface area contributed by atoms with Gasteiger partial charge in [0.25, 0.3) is 0 Å². The molecule has 0 aliphatic heterocycles. The second kappa shape index (κ2) is 6.85. The average molecular weight is 240 g/mol. The lowest BCUT2D eigenvalue weighted by Crippen LogP contribution is -2.10. The lowest BCUT2D eigenvalue weighted by atomic mass is 10.3. The molecule has 2 N–H and O–H groups in total. The summed E-state index contributed by atoms with van der Waals surface area (Å²) in [5, 5.41) is 6.05. The number of rotatable bonds is 6. The highest BCUT2D eigenvalue weighted by Gasteiger charge is 2.03. The van der Waals surface area contributed by atoms with Gasteiger partial charge in [-0.1, -0.05) is 19.3 Å². The van der Waals surface area contributed by atoms with E-state index in [0.29, 0.717) is 18.4 Å². The molecule has 1 heterocycles. The van der Waals surface area contributed by atoms with Crippen LogP contribution in [0.3, 0.4) is 0 Å². The van der Waals surface area contributed by atoms with E-state index >= 15 is 0 Å². The first-order valence-electron chi connectivity index (χ1n) is 5.09. The largest absolute Gasteiger partial charge is 0.354 e. The molecule has 1 aromatic heterocycles. The lowest BCUT2D eigenvalue weighted by molar-refractivity contribution is 0.824. The molecule has 6 heteroatoms. The van der Waals surface area contributed by atoms with Gasteiger partial charge in [0, 0.05) is 6.54 Å². The molecule has 0 amide bonds. The molecule has 0 aliphatic carbocycles. The predicted octanol–water partition coefficient (Wildman–Crippen LogP) is 1.78. The molecular weight excluding hydrogens is 226 g/mol.